The molecule has 82 valence electrons. The lowest BCUT2D eigenvalue weighted by atomic mass is 10.1. The number of hydrazine groups is 1. The number of hydrogen-bond donors (Lipinski definition) is 2. The maximum atomic E-state index is 5.74. The van der Waals surface area contributed by atoms with Crippen LogP contribution in [0.25, 0.3) is 0 Å². The fourth-order valence-electron chi connectivity index (χ4n) is 1.05. The molecule has 0 fully saturated rings. The largest absolute Gasteiger partial charge is 0.271 e. The summed E-state index contributed by atoms with van der Waals surface area (Å²) in [5.74, 6) is 5.15. The molecule has 3 N–H and O–H groups in total. The molecule has 0 aromatic heterocycles. The maximum Gasteiger partial charge on any atom is 0.0406 e. The first-order valence-electron chi connectivity index (χ1n) is 4.01. The summed E-state index contributed by atoms with van der Waals surface area (Å²) in [5, 5.41) is 0.788. The number of benzene rings is 1. The summed E-state index contributed by atoms with van der Waals surface area (Å²) >= 11 is 5.74. The average Bonchev–Trinajstić information content (AvgIpc) is 2.09. The van der Waals surface area contributed by atoms with Gasteiger partial charge in [0.2, 0.25) is 0 Å². The van der Waals surface area contributed by atoms with Crippen molar-refractivity contribution < 1.29 is 0 Å². The monoisotopic (exact) mass is 256 g/mol. The Hall–Kier alpha value is 0.01000. The van der Waals surface area contributed by atoms with Crippen molar-refractivity contribution in [2.45, 2.75) is 12.8 Å². The molecule has 0 unspecified atom stereocenters. The van der Waals surface area contributed by atoms with Crippen LogP contribution in [0, 0.1) is 0 Å². The topological polar surface area (TPSA) is 38.0 Å². The zero-order chi connectivity index (χ0) is 8.81. The molecular weight excluding hydrogens is 242 g/mol. The van der Waals surface area contributed by atoms with Crippen LogP contribution >= 0.6 is 36.4 Å². The second-order valence-corrected chi connectivity index (χ2v) is 3.12. The summed E-state index contributed by atoms with van der Waals surface area (Å²) in [6.07, 6.45) is 2.10. The lowest BCUT2D eigenvalue weighted by Gasteiger charge is -2.00. The van der Waals surface area contributed by atoms with E-state index in [4.69, 9.17) is 17.4 Å². The van der Waals surface area contributed by atoms with Crippen molar-refractivity contribution >= 4 is 36.4 Å². The minimum absolute atomic E-state index is 0. The first-order chi connectivity index (χ1) is 5.83. The van der Waals surface area contributed by atoms with Crippen molar-refractivity contribution in [1.29, 1.82) is 0 Å². The first kappa shape index (κ1) is 16.4. The molecule has 0 radical (unpaired) electrons. The highest BCUT2D eigenvalue weighted by molar-refractivity contribution is 6.30. The number of nitrogens with one attached hydrogen (secondary N) is 1. The van der Waals surface area contributed by atoms with Gasteiger partial charge in [-0.2, -0.15) is 0 Å². The van der Waals surface area contributed by atoms with Gasteiger partial charge in [0.25, 0.3) is 0 Å². The van der Waals surface area contributed by atoms with Crippen molar-refractivity contribution in [3.63, 3.8) is 0 Å². The normalized spacial score (nSPS) is 8.71. The molecule has 0 saturated carbocycles. The third-order valence-corrected chi connectivity index (χ3v) is 1.95. The molecule has 0 aliphatic rings. The zero-order valence-corrected chi connectivity index (χ0v) is 10.1. The Morgan fingerprint density at radius 3 is 2.21 bits per heavy atom. The van der Waals surface area contributed by atoms with Crippen LogP contribution in [0.15, 0.2) is 24.3 Å². The summed E-state index contributed by atoms with van der Waals surface area (Å²) in [5.41, 5.74) is 3.92. The predicted molar refractivity (Wildman–Crippen MR) is 66.5 cm³/mol. The molecule has 0 heterocycles. The van der Waals surface area contributed by atoms with Crippen molar-refractivity contribution in [3.05, 3.63) is 34.9 Å². The van der Waals surface area contributed by atoms with Gasteiger partial charge in [-0.15, -0.1) is 24.8 Å². The maximum absolute atomic E-state index is 5.74. The van der Waals surface area contributed by atoms with Gasteiger partial charge in [0.1, 0.15) is 0 Å². The molecule has 0 bridgehead atoms. The molecule has 0 atom stereocenters. The van der Waals surface area contributed by atoms with Gasteiger partial charge >= 0.3 is 0 Å². The Kier molecular flexibility index (Phi) is 11.2. The van der Waals surface area contributed by atoms with E-state index in [1.807, 2.05) is 24.3 Å². The standard InChI is InChI=1S/C9H13ClN2.2ClH/c10-9-5-3-8(4-6-9)2-1-7-12-11;;/h3-6,12H,1-2,7,11H2;2*1H. The van der Waals surface area contributed by atoms with Crippen molar-refractivity contribution in [3.8, 4) is 0 Å². The number of rotatable bonds is 4. The Morgan fingerprint density at radius 2 is 1.71 bits per heavy atom. The van der Waals surface area contributed by atoms with Crippen LogP contribution in [0.1, 0.15) is 12.0 Å². The fraction of sp³-hybridized carbons (Fsp3) is 0.333. The van der Waals surface area contributed by atoms with Gasteiger partial charge in [-0.25, -0.2) is 0 Å². The summed E-state index contributed by atoms with van der Waals surface area (Å²) in [6.45, 7) is 0.850. The van der Waals surface area contributed by atoms with E-state index in [1.165, 1.54) is 5.56 Å². The highest BCUT2D eigenvalue weighted by Gasteiger charge is 1.92. The van der Waals surface area contributed by atoms with Gasteiger partial charge in [0.15, 0.2) is 0 Å². The summed E-state index contributed by atoms with van der Waals surface area (Å²) in [7, 11) is 0. The SMILES string of the molecule is Cl.Cl.NNCCCc1ccc(Cl)cc1. The predicted octanol–water partition coefficient (Wildman–Crippen LogP) is 2.58. The van der Waals surface area contributed by atoms with Crippen LogP contribution in [-0.2, 0) is 6.42 Å². The van der Waals surface area contributed by atoms with Gasteiger partial charge in [-0.1, -0.05) is 23.7 Å². The quantitative estimate of drug-likeness (QED) is 0.494. The van der Waals surface area contributed by atoms with Crippen LogP contribution in [0.4, 0.5) is 0 Å². The van der Waals surface area contributed by atoms with Crippen LogP contribution in [-0.4, -0.2) is 6.54 Å². The minimum Gasteiger partial charge on any atom is -0.271 e. The van der Waals surface area contributed by atoms with E-state index >= 15 is 0 Å². The first-order valence-corrected chi connectivity index (χ1v) is 4.38. The number of halogens is 3. The molecule has 5 heteroatoms. The Morgan fingerprint density at radius 1 is 1.14 bits per heavy atom. The van der Waals surface area contributed by atoms with E-state index in [9.17, 15) is 0 Å². The van der Waals surface area contributed by atoms with Gasteiger partial charge in [0, 0.05) is 11.6 Å². The molecule has 1 aromatic carbocycles. The van der Waals surface area contributed by atoms with Gasteiger partial charge in [-0.05, 0) is 30.5 Å². The molecule has 1 aromatic rings. The van der Waals surface area contributed by atoms with Gasteiger partial charge in [-0.3, -0.25) is 11.3 Å². The van der Waals surface area contributed by atoms with E-state index < -0.39 is 0 Å². The van der Waals surface area contributed by atoms with Crippen molar-refractivity contribution in [2.24, 2.45) is 5.84 Å². The number of aryl methyl sites for hydroxylation is 1. The molecule has 2 nitrogen and oxygen atoms in total. The second kappa shape index (κ2) is 9.56. The molecule has 1 rings (SSSR count). The van der Waals surface area contributed by atoms with Crippen LogP contribution in [0.2, 0.25) is 5.02 Å². The molecule has 0 aliphatic heterocycles. The average molecular weight is 258 g/mol. The van der Waals surface area contributed by atoms with E-state index in [2.05, 4.69) is 5.43 Å². The van der Waals surface area contributed by atoms with E-state index in [-0.39, 0.29) is 24.8 Å². The highest BCUT2D eigenvalue weighted by Crippen LogP contribution is 2.10. The third-order valence-electron chi connectivity index (χ3n) is 1.70. The molecule has 0 spiro atoms. The highest BCUT2D eigenvalue weighted by atomic mass is 35.5. The lowest BCUT2D eigenvalue weighted by molar-refractivity contribution is 0.680. The zero-order valence-electron chi connectivity index (χ0n) is 7.70. The van der Waals surface area contributed by atoms with Crippen molar-refractivity contribution in [2.75, 3.05) is 6.54 Å². The number of hydrogen-bond acceptors (Lipinski definition) is 2. The van der Waals surface area contributed by atoms with Crippen molar-refractivity contribution in [1.82, 2.24) is 5.43 Å². The summed E-state index contributed by atoms with van der Waals surface area (Å²) < 4.78 is 0. The fourth-order valence-corrected chi connectivity index (χ4v) is 1.17. The molecule has 0 aliphatic carbocycles. The van der Waals surface area contributed by atoms with E-state index in [0.29, 0.717) is 0 Å². The summed E-state index contributed by atoms with van der Waals surface area (Å²) in [4.78, 5) is 0. The van der Waals surface area contributed by atoms with Gasteiger partial charge < -0.3 is 0 Å². The third kappa shape index (κ3) is 6.46. The van der Waals surface area contributed by atoms with E-state index in [0.717, 1.165) is 24.4 Å². The van der Waals surface area contributed by atoms with E-state index in [1.54, 1.807) is 0 Å². The molecule has 0 amide bonds. The smallest absolute Gasteiger partial charge is 0.0406 e. The Labute approximate surface area is 102 Å². The van der Waals surface area contributed by atoms with Gasteiger partial charge in [0.05, 0.1) is 0 Å². The molecule has 0 saturated heterocycles. The van der Waals surface area contributed by atoms with Crippen LogP contribution in [0.3, 0.4) is 0 Å². The second-order valence-electron chi connectivity index (χ2n) is 2.68. The lowest BCUT2D eigenvalue weighted by Crippen LogP contribution is -2.23. The molecule has 14 heavy (non-hydrogen) atoms. The summed E-state index contributed by atoms with van der Waals surface area (Å²) in [6, 6.07) is 7.90. The van der Waals surface area contributed by atoms with Crippen LogP contribution < -0.4 is 11.3 Å². The van der Waals surface area contributed by atoms with Crippen LogP contribution in [0.5, 0.6) is 0 Å². The minimum atomic E-state index is 0. The number of nitrogens with two attached hydrogens (primary N) is 1. The molecular formula is C9H15Cl3N2. The Balaban J connectivity index is 0. The Bertz CT molecular complexity index is 226.